The van der Waals surface area contributed by atoms with Gasteiger partial charge in [-0.15, -0.1) is 0 Å². The van der Waals surface area contributed by atoms with Gasteiger partial charge in [-0.2, -0.15) is 0 Å². The number of halogens is 2. The van der Waals surface area contributed by atoms with Crippen LogP contribution >= 0.6 is 0 Å². The third kappa shape index (κ3) is 1.27. The summed E-state index contributed by atoms with van der Waals surface area (Å²) >= 11 is 0. The van der Waals surface area contributed by atoms with Crippen LogP contribution in [-0.2, 0) is 0 Å². The minimum atomic E-state index is -2.31. The second-order valence-electron chi connectivity index (χ2n) is 4.27. The Morgan fingerprint density at radius 3 is 1.82 bits per heavy atom. The van der Waals surface area contributed by atoms with Crippen LogP contribution < -0.4 is 0 Å². The Bertz CT molecular complexity index is 147. The van der Waals surface area contributed by atoms with Gasteiger partial charge in [0, 0.05) is 12.8 Å². The lowest BCUT2D eigenvalue weighted by Crippen LogP contribution is -2.46. The molecule has 0 aromatic rings. The van der Waals surface area contributed by atoms with Crippen LogP contribution in [0.15, 0.2) is 0 Å². The first-order valence-corrected chi connectivity index (χ1v) is 4.50. The van der Waals surface area contributed by atoms with Crippen LogP contribution in [0.3, 0.4) is 0 Å². The molecule has 0 bridgehead atoms. The van der Waals surface area contributed by atoms with Crippen LogP contribution in [0, 0.1) is 5.41 Å². The van der Waals surface area contributed by atoms with Crippen LogP contribution in [-0.4, -0.2) is 5.92 Å². The SMILES string of the molecule is FC1(F)CC2(CCCCC2)C1. The average molecular weight is 160 g/mol. The Morgan fingerprint density at radius 2 is 1.36 bits per heavy atom. The minimum Gasteiger partial charge on any atom is -0.207 e. The number of rotatable bonds is 0. The molecule has 0 saturated heterocycles. The zero-order valence-electron chi connectivity index (χ0n) is 6.71. The van der Waals surface area contributed by atoms with E-state index in [1.165, 1.54) is 19.3 Å². The molecule has 0 aromatic heterocycles. The molecule has 2 fully saturated rings. The Labute approximate surface area is 66.0 Å². The first-order valence-electron chi connectivity index (χ1n) is 4.50. The van der Waals surface area contributed by atoms with Crippen LogP contribution in [0.4, 0.5) is 8.78 Å². The van der Waals surface area contributed by atoms with E-state index in [0.717, 1.165) is 12.8 Å². The molecule has 11 heavy (non-hydrogen) atoms. The predicted octanol–water partition coefficient (Wildman–Crippen LogP) is 3.37. The molecule has 0 heterocycles. The van der Waals surface area contributed by atoms with Gasteiger partial charge in [-0.25, -0.2) is 8.78 Å². The Morgan fingerprint density at radius 1 is 0.818 bits per heavy atom. The molecular formula is C9H14F2. The van der Waals surface area contributed by atoms with Crippen molar-refractivity contribution < 1.29 is 8.78 Å². The van der Waals surface area contributed by atoms with Gasteiger partial charge in [0.05, 0.1) is 0 Å². The summed E-state index contributed by atoms with van der Waals surface area (Å²) in [5, 5.41) is 0. The van der Waals surface area contributed by atoms with Gasteiger partial charge in [0.2, 0.25) is 5.92 Å². The number of hydrogen-bond donors (Lipinski definition) is 0. The molecule has 64 valence electrons. The van der Waals surface area contributed by atoms with E-state index in [2.05, 4.69) is 0 Å². The second kappa shape index (κ2) is 2.18. The molecule has 0 radical (unpaired) electrons. The molecule has 2 aliphatic rings. The maximum atomic E-state index is 12.6. The van der Waals surface area contributed by atoms with Gasteiger partial charge in [-0.1, -0.05) is 19.3 Å². The topological polar surface area (TPSA) is 0 Å². The van der Waals surface area contributed by atoms with Crippen molar-refractivity contribution in [3.8, 4) is 0 Å². The van der Waals surface area contributed by atoms with Gasteiger partial charge < -0.3 is 0 Å². The maximum absolute atomic E-state index is 12.6. The first kappa shape index (κ1) is 7.51. The lowest BCUT2D eigenvalue weighted by atomic mass is 9.59. The fraction of sp³-hybridized carbons (Fsp3) is 1.00. The Hall–Kier alpha value is -0.140. The van der Waals surface area contributed by atoms with Gasteiger partial charge in [0.1, 0.15) is 0 Å². The smallest absolute Gasteiger partial charge is 0.207 e. The first-order chi connectivity index (χ1) is 5.12. The van der Waals surface area contributed by atoms with Gasteiger partial charge in [-0.05, 0) is 18.3 Å². The molecule has 0 aliphatic heterocycles. The molecule has 0 aromatic carbocycles. The largest absolute Gasteiger partial charge is 0.249 e. The van der Waals surface area contributed by atoms with Crippen LogP contribution in [0.2, 0.25) is 0 Å². The normalized spacial score (nSPS) is 33.3. The highest BCUT2D eigenvalue weighted by atomic mass is 19.3. The molecule has 0 unspecified atom stereocenters. The second-order valence-corrected chi connectivity index (χ2v) is 4.27. The molecule has 2 heteroatoms. The third-order valence-electron chi connectivity index (χ3n) is 3.18. The summed E-state index contributed by atoms with van der Waals surface area (Å²) in [5.41, 5.74) is 0.0851. The number of hydrogen-bond acceptors (Lipinski definition) is 0. The lowest BCUT2D eigenvalue weighted by molar-refractivity contribution is -0.172. The molecule has 0 atom stereocenters. The monoisotopic (exact) mass is 160 g/mol. The molecule has 2 saturated carbocycles. The Balaban J connectivity index is 1.94. The standard InChI is InChI=1S/C9H14F2/c10-9(11)6-8(7-9)4-2-1-3-5-8/h1-7H2. The quantitative estimate of drug-likeness (QED) is 0.509. The van der Waals surface area contributed by atoms with E-state index < -0.39 is 5.92 Å². The van der Waals surface area contributed by atoms with E-state index in [-0.39, 0.29) is 18.3 Å². The van der Waals surface area contributed by atoms with Crippen molar-refractivity contribution in [3.63, 3.8) is 0 Å². The van der Waals surface area contributed by atoms with E-state index in [9.17, 15) is 8.78 Å². The van der Waals surface area contributed by atoms with Crippen molar-refractivity contribution in [2.45, 2.75) is 50.9 Å². The average Bonchev–Trinajstić information content (AvgIpc) is 1.85. The summed E-state index contributed by atoms with van der Waals surface area (Å²) in [5.74, 6) is -2.31. The van der Waals surface area contributed by atoms with Gasteiger partial charge >= 0.3 is 0 Å². The van der Waals surface area contributed by atoms with Crippen LogP contribution in [0.5, 0.6) is 0 Å². The van der Waals surface area contributed by atoms with Crippen molar-refractivity contribution in [1.82, 2.24) is 0 Å². The highest BCUT2D eigenvalue weighted by molar-refractivity contribution is 4.99. The molecular weight excluding hydrogens is 146 g/mol. The maximum Gasteiger partial charge on any atom is 0.249 e. The zero-order chi connectivity index (χ0) is 7.95. The van der Waals surface area contributed by atoms with Crippen LogP contribution in [0.25, 0.3) is 0 Å². The zero-order valence-corrected chi connectivity index (χ0v) is 6.71. The van der Waals surface area contributed by atoms with Crippen LogP contribution in [0.1, 0.15) is 44.9 Å². The fourth-order valence-electron chi connectivity index (χ4n) is 2.70. The van der Waals surface area contributed by atoms with Crippen molar-refractivity contribution in [3.05, 3.63) is 0 Å². The molecule has 0 amide bonds. The summed E-state index contributed by atoms with van der Waals surface area (Å²) in [4.78, 5) is 0. The molecule has 1 spiro atoms. The third-order valence-corrected chi connectivity index (χ3v) is 3.18. The van der Waals surface area contributed by atoms with Crippen molar-refractivity contribution >= 4 is 0 Å². The molecule has 2 aliphatic carbocycles. The highest BCUT2D eigenvalue weighted by Gasteiger charge is 2.55. The number of alkyl halides is 2. The van der Waals surface area contributed by atoms with Crippen molar-refractivity contribution in [2.24, 2.45) is 5.41 Å². The van der Waals surface area contributed by atoms with Gasteiger partial charge in [-0.3, -0.25) is 0 Å². The van der Waals surface area contributed by atoms with Crippen molar-refractivity contribution in [1.29, 1.82) is 0 Å². The van der Waals surface area contributed by atoms with E-state index >= 15 is 0 Å². The lowest BCUT2D eigenvalue weighted by Gasteiger charge is -2.49. The van der Waals surface area contributed by atoms with E-state index in [0.29, 0.717) is 0 Å². The van der Waals surface area contributed by atoms with Gasteiger partial charge in [0.15, 0.2) is 0 Å². The summed E-state index contributed by atoms with van der Waals surface area (Å²) in [6.45, 7) is 0. The minimum absolute atomic E-state index is 0.0851. The summed E-state index contributed by atoms with van der Waals surface area (Å²) < 4.78 is 25.1. The van der Waals surface area contributed by atoms with E-state index in [4.69, 9.17) is 0 Å². The fourth-order valence-corrected chi connectivity index (χ4v) is 2.70. The molecule has 0 nitrogen and oxygen atoms in total. The van der Waals surface area contributed by atoms with E-state index in [1.54, 1.807) is 0 Å². The Kier molecular flexibility index (Phi) is 1.48. The summed E-state index contributed by atoms with van der Waals surface area (Å²) in [6, 6.07) is 0. The summed E-state index contributed by atoms with van der Waals surface area (Å²) in [6.07, 6.45) is 6.09. The molecule has 2 rings (SSSR count). The molecule has 0 N–H and O–H groups in total. The van der Waals surface area contributed by atoms with E-state index in [1.807, 2.05) is 0 Å². The van der Waals surface area contributed by atoms with Crippen molar-refractivity contribution in [2.75, 3.05) is 0 Å². The summed E-state index contributed by atoms with van der Waals surface area (Å²) in [7, 11) is 0. The van der Waals surface area contributed by atoms with Gasteiger partial charge in [0.25, 0.3) is 0 Å². The highest BCUT2D eigenvalue weighted by Crippen LogP contribution is 2.58. The predicted molar refractivity (Wildman–Crippen MR) is 39.7 cm³/mol.